The van der Waals surface area contributed by atoms with Gasteiger partial charge in [0.15, 0.2) is 11.8 Å². The Kier molecular flexibility index (Phi) is 6.66. The number of nitrogens with one attached hydrogen (secondary N) is 3. The summed E-state index contributed by atoms with van der Waals surface area (Å²) in [6.07, 6.45) is 4.39. The third kappa shape index (κ3) is 4.94. The predicted octanol–water partition coefficient (Wildman–Crippen LogP) is 2.10. The number of allylic oxidation sites excluding steroid dienone is 1. The highest BCUT2D eigenvalue weighted by Crippen LogP contribution is 2.38. The quantitative estimate of drug-likeness (QED) is 0.475. The van der Waals surface area contributed by atoms with Crippen molar-refractivity contribution in [1.82, 2.24) is 20.4 Å². The molecule has 5 N–H and O–H groups in total. The van der Waals surface area contributed by atoms with E-state index < -0.39 is 23.8 Å². The van der Waals surface area contributed by atoms with E-state index in [1.54, 1.807) is 10.8 Å². The van der Waals surface area contributed by atoms with Crippen molar-refractivity contribution in [3.8, 4) is 6.07 Å². The van der Waals surface area contributed by atoms with E-state index in [0.717, 1.165) is 0 Å². The summed E-state index contributed by atoms with van der Waals surface area (Å²) < 4.78 is 40.0. The molecule has 30 heavy (non-hydrogen) atoms. The lowest BCUT2D eigenvalue weighted by atomic mass is 9.77. The Bertz CT molecular complexity index is 879. The molecule has 11 heteroatoms. The first-order chi connectivity index (χ1) is 14.3. The highest BCUT2D eigenvalue weighted by Gasteiger charge is 2.39. The fourth-order valence-corrected chi connectivity index (χ4v) is 3.87. The summed E-state index contributed by atoms with van der Waals surface area (Å²) in [7, 11) is 0. The largest absolute Gasteiger partial charge is 0.365 e. The topological polar surface area (TPSA) is 121 Å². The summed E-state index contributed by atoms with van der Waals surface area (Å²) in [5, 5.41) is 22.1. The second kappa shape index (κ2) is 9.21. The van der Waals surface area contributed by atoms with Crippen molar-refractivity contribution in [1.29, 1.82) is 5.26 Å². The average molecular weight is 423 g/mol. The Balaban J connectivity index is 1.83. The number of carbonyl (C=O) groups excluding carboxylic acids is 1. The monoisotopic (exact) mass is 423 g/mol. The van der Waals surface area contributed by atoms with Gasteiger partial charge in [-0.15, -0.1) is 0 Å². The Labute approximate surface area is 172 Å². The van der Waals surface area contributed by atoms with Crippen LogP contribution in [0.3, 0.4) is 0 Å². The number of hydrogen-bond acceptors (Lipinski definition) is 6. The second-order valence-electron chi connectivity index (χ2n) is 7.49. The number of nitriles is 1. The molecule has 0 spiro atoms. The smallest absolute Gasteiger partial charge is 0.254 e. The molecule has 3 rings (SSSR count). The number of halogens is 3. The van der Waals surface area contributed by atoms with Crippen molar-refractivity contribution >= 4 is 11.7 Å². The van der Waals surface area contributed by atoms with Crippen LogP contribution in [0.5, 0.6) is 0 Å². The lowest BCUT2D eigenvalue weighted by Crippen LogP contribution is -2.44. The fourth-order valence-electron chi connectivity index (χ4n) is 3.87. The fraction of sp³-hybridized carbons (Fsp3) is 0.526. The van der Waals surface area contributed by atoms with E-state index in [2.05, 4.69) is 27.1 Å². The number of alkyl halides is 2. The van der Waals surface area contributed by atoms with Crippen molar-refractivity contribution in [2.45, 2.75) is 50.1 Å². The first-order valence-corrected chi connectivity index (χ1v) is 9.69. The van der Waals surface area contributed by atoms with Crippen LogP contribution in [0.1, 0.15) is 42.5 Å². The first-order valence-electron chi connectivity index (χ1n) is 9.69. The lowest BCUT2D eigenvalue weighted by molar-refractivity contribution is 0.1000. The van der Waals surface area contributed by atoms with Crippen molar-refractivity contribution < 1.29 is 18.0 Å². The number of nitrogens with two attached hydrogens (primary N) is 1. The normalized spacial score (nSPS) is 23.9. The van der Waals surface area contributed by atoms with E-state index in [-0.39, 0.29) is 36.9 Å². The average Bonchev–Trinajstić information content (AvgIpc) is 3.12. The van der Waals surface area contributed by atoms with Gasteiger partial charge >= 0.3 is 0 Å². The molecule has 162 valence electrons. The van der Waals surface area contributed by atoms with Crippen LogP contribution in [0.15, 0.2) is 30.0 Å². The SMILES string of the molecule is N#CCC1(n2cc(C(N)=O)c(NC3=CCNC(F)=C3)n2)CCC(NCC(F)F)CC1. The molecule has 0 atom stereocenters. The highest BCUT2D eigenvalue weighted by molar-refractivity contribution is 5.97. The van der Waals surface area contributed by atoms with Gasteiger partial charge in [0.05, 0.1) is 24.6 Å². The number of aromatic nitrogens is 2. The van der Waals surface area contributed by atoms with Gasteiger partial charge in [-0.25, -0.2) is 8.78 Å². The van der Waals surface area contributed by atoms with E-state index >= 15 is 0 Å². The Morgan fingerprint density at radius 3 is 2.80 bits per heavy atom. The van der Waals surface area contributed by atoms with E-state index in [1.807, 2.05) is 0 Å². The maximum Gasteiger partial charge on any atom is 0.254 e. The number of carbonyl (C=O) groups is 1. The minimum atomic E-state index is -2.42. The third-order valence-corrected chi connectivity index (χ3v) is 5.49. The van der Waals surface area contributed by atoms with Gasteiger partial charge in [-0.3, -0.25) is 9.48 Å². The number of rotatable bonds is 8. The van der Waals surface area contributed by atoms with Crippen LogP contribution in [0.4, 0.5) is 19.0 Å². The number of anilines is 1. The summed E-state index contributed by atoms with van der Waals surface area (Å²) >= 11 is 0. The van der Waals surface area contributed by atoms with Crippen LogP contribution in [-0.2, 0) is 5.54 Å². The molecule has 8 nitrogen and oxygen atoms in total. The molecule has 0 radical (unpaired) electrons. The van der Waals surface area contributed by atoms with Gasteiger partial charge in [-0.05, 0) is 31.8 Å². The van der Waals surface area contributed by atoms with Gasteiger partial charge in [-0.2, -0.15) is 14.8 Å². The van der Waals surface area contributed by atoms with Gasteiger partial charge in [0.1, 0.15) is 5.56 Å². The van der Waals surface area contributed by atoms with Gasteiger partial charge in [0, 0.05) is 30.6 Å². The molecule has 1 aliphatic heterocycles. The van der Waals surface area contributed by atoms with Crippen molar-refractivity contribution in [2.24, 2.45) is 5.73 Å². The maximum absolute atomic E-state index is 13.5. The number of hydrogen-bond donors (Lipinski definition) is 4. The molecule has 1 fully saturated rings. The molecular formula is C19H24F3N7O. The van der Waals surface area contributed by atoms with E-state index in [4.69, 9.17) is 5.73 Å². The second-order valence-corrected chi connectivity index (χ2v) is 7.49. The third-order valence-electron chi connectivity index (χ3n) is 5.49. The van der Waals surface area contributed by atoms with E-state index in [0.29, 0.717) is 31.4 Å². The summed E-state index contributed by atoms with van der Waals surface area (Å²) in [5.74, 6) is -1.05. The first kappa shape index (κ1) is 21.7. The molecule has 1 aromatic heterocycles. The summed E-state index contributed by atoms with van der Waals surface area (Å²) in [6.45, 7) is -0.0890. The van der Waals surface area contributed by atoms with Crippen LogP contribution in [0, 0.1) is 11.3 Å². The van der Waals surface area contributed by atoms with Gasteiger partial charge in [0.25, 0.3) is 12.3 Å². The number of primary amides is 1. The van der Waals surface area contributed by atoms with Crippen LogP contribution in [-0.4, -0.2) is 41.2 Å². The predicted molar refractivity (Wildman–Crippen MR) is 104 cm³/mol. The van der Waals surface area contributed by atoms with Crippen LogP contribution < -0.4 is 21.7 Å². The molecule has 2 aliphatic rings. The highest BCUT2D eigenvalue weighted by atomic mass is 19.3. The maximum atomic E-state index is 13.5. The minimum absolute atomic E-state index is 0.0670. The Morgan fingerprint density at radius 1 is 1.47 bits per heavy atom. The van der Waals surface area contributed by atoms with Crippen molar-refractivity contribution in [3.63, 3.8) is 0 Å². The lowest BCUT2D eigenvalue weighted by Gasteiger charge is -2.39. The molecule has 1 saturated carbocycles. The molecule has 1 aromatic rings. The zero-order valence-corrected chi connectivity index (χ0v) is 16.3. The summed E-state index contributed by atoms with van der Waals surface area (Å²) in [5.41, 5.74) is 5.37. The minimum Gasteiger partial charge on any atom is -0.365 e. The van der Waals surface area contributed by atoms with Gasteiger partial charge in [0.2, 0.25) is 0 Å². The molecule has 0 bridgehead atoms. The van der Waals surface area contributed by atoms with E-state index in [9.17, 15) is 23.2 Å². The number of dihydropyridines is 1. The summed E-state index contributed by atoms with van der Waals surface area (Å²) in [6, 6.07) is 2.10. The molecular weight excluding hydrogens is 399 g/mol. The molecule has 1 amide bonds. The zero-order chi connectivity index (χ0) is 21.7. The van der Waals surface area contributed by atoms with Crippen molar-refractivity contribution in [3.05, 3.63) is 35.6 Å². The van der Waals surface area contributed by atoms with Crippen LogP contribution in [0.25, 0.3) is 0 Å². The standard InChI is InChI=1S/C19H24F3N7O/c20-15(21)10-26-12-1-4-19(5-2-12,6-7-23)29-11-14(17(24)30)18(28-29)27-13-3-8-25-16(22)9-13/h3,9,11-12,15,25-26H,1-2,4-6,8,10H2,(H2,24,30)(H,27,28). The summed E-state index contributed by atoms with van der Waals surface area (Å²) in [4.78, 5) is 11.9. The Hall–Kier alpha value is -3.00. The molecule has 0 saturated heterocycles. The van der Waals surface area contributed by atoms with Crippen LogP contribution >= 0.6 is 0 Å². The van der Waals surface area contributed by atoms with Gasteiger partial charge < -0.3 is 21.7 Å². The molecule has 0 aromatic carbocycles. The zero-order valence-electron chi connectivity index (χ0n) is 16.3. The number of amides is 1. The van der Waals surface area contributed by atoms with Gasteiger partial charge in [-0.1, -0.05) is 0 Å². The van der Waals surface area contributed by atoms with E-state index in [1.165, 1.54) is 12.3 Å². The number of nitrogens with zero attached hydrogens (tertiary/aromatic N) is 3. The van der Waals surface area contributed by atoms with Crippen molar-refractivity contribution in [2.75, 3.05) is 18.4 Å². The van der Waals surface area contributed by atoms with Crippen LogP contribution in [0.2, 0.25) is 0 Å². The Morgan fingerprint density at radius 2 is 2.20 bits per heavy atom. The molecule has 1 aliphatic carbocycles. The molecule has 0 unspecified atom stereocenters. The molecule has 2 heterocycles.